The van der Waals surface area contributed by atoms with Gasteiger partial charge in [-0.15, -0.1) is 5.10 Å². The molecular formula is C16H19N3O2S3. The van der Waals surface area contributed by atoms with E-state index in [1.807, 2.05) is 49.1 Å². The van der Waals surface area contributed by atoms with Gasteiger partial charge in [-0.25, -0.2) is 4.68 Å². The van der Waals surface area contributed by atoms with Gasteiger partial charge in [0, 0.05) is 13.1 Å². The third-order valence-corrected chi connectivity index (χ3v) is 5.97. The number of para-hydroxylation sites is 1. The first-order valence-electron chi connectivity index (χ1n) is 7.74. The van der Waals surface area contributed by atoms with Crippen LogP contribution in [0.3, 0.4) is 0 Å². The van der Waals surface area contributed by atoms with Crippen molar-refractivity contribution in [2.45, 2.75) is 30.4 Å². The Morgan fingerprint density at radius 3 is 2.67 bits per heavy atom. The minimum absolute atomic E-state index is 0.0852. The van der Waals surface area contributed by atoms with Crippen LogP contribution in [0.25, 0.3) is 5.69 Å². The van der Waals surface area contributed by atoms with Crippen LogP contribution in [0.2, 0.25) is 0 Å². The second-order valence-electron chi connectivity index (χ2n) is 5.73. The molecule has 0 bridgehead atoms. The monoisotopic (exact) mass is 381 g/mol. The summed E-state index contributed by atoms with van der Waals surface area (Å²) in [7, 11) is 0. The van der Waals surface area contributed by atoms with Gasteiger partial charge in [0.05, 0.1) is 23.6 Å². The molecule has 1 amide bonds. The number of rotatable bonds is 4. The van der Waals surface area contributed by atoms with E-state index >= 15 is 0 Å². The fourth-order valence-electron chi connectivity index (χ4n) is 2.65. The molecule has 24 heavy (non-hydrogen) atoms. The highest BCUT2D eigenvalue weighted by atomic mass is 32.2. The standard InChI is InChI=1S/C16H19N3O2S3/c1-11-8-18(9-12(2)21-11)14(20)10-23-15-17-19(16(22)24-15)13-6-4-3-5-7-13/h3-7,11-12H,8-10H2,1-2H3/t11-,12-/m0/s1. The highest BCUT2D eigenvalue weighted by Crippen LogP contribution is 2.24. The highest BCUT2D eigenvalue weighted by Gasteiger charge is 2.25. The second-order valence-corrected chi connectivity index (χ2v) is 8.57. The summed E-state index contributed by atoms with van der Waals surface area (Å²) in [5, 5.41) is 4.53. The van der Waals surface area contributed by atoms with Crippen molar-refractivity contribution in [3.05, 3.63) is 34.3 Å². The number of thioether (sulfide) groups is 1. The summed E-state index contributed by atoms with van der Waals surface area (Å²) in [6, 6.07) is 9.79. The number of carbonyl (C=O) groups is 1. The van der Waals surface area contributed by atoms with Crippen LogP contribution in [0.5, 0.6) is 0 Å². The average molecular weight is 382 g/mol. The number of aromatic nitrogens is 2. The first-order chi connectivity index (χ1) is 11.5. The van der Waals surface area contributed by atoms with Crippen molar-refractivity contribution in [3.8, 4) is 5.69 Å². The van der Waals surface area contributed by atoms with Crippen LogP contribution in [0.15, 0.2) is 34.7 Å². The van der Waals surface area contributed by atoms with Gasteiger partial charge < -0.3 is 9.64 Å². The summed E-state index contributed by atoms with van der Waals surface area (Å²) in [4.78, 5) is 14.3. The summed E-state index contributed by atoms with van der Waals surface area (Å²) in [6.07, 6.45) is 0.170. The molecule has 1 aliphatic rings. The number of benzene rings is 1. The number of ether oxygens (including phenoxy) is 1. The van der Waals surface area contributed by atoms with Gasteiger partial charge in [-0.1, -0.05) is 41.3 Å². The van der Waals surface area contributed by atoms with Gasteiger partial charge in [0.1, 0.15) is 0 Å². The number of amides is 1. The molecule has 1 aromatic carbocycles. The van der Waals surface area contributed by atoms with Gasteiger partial charge in [-0.3, -0.25) is 4.79 Å². The van der Waals surface area contributed by atoms with E-state index in [1.165, 1.54) is 23.1 Å². The zero-order chi connectivity index (χ0) is 17.1. The van der Waals surface area contributed by atoms with Crippen molar-refractivity contribution < 1.29 is 9.53 Å². The maximum atomic E-state index is 12.4. The number of hydrogen-bond donors (Lipinski definition) is 0. The van der Waals surface area contributed by atoms with E-state index in [4.69, 9.17) is 17.0 Å². The number of nitrogens with zero attached hydrogens (tertiary/aromatic N) is 3. The lowest BCUT2D eigenvalue weighted by atomic mass is 10.2. The predicted octanol–water partition coefficient (Wildman–Crippen LogP) is 3.39. The van der Waals surface area contributed by atoms with Crippen LogP contribution in [0.1, 0.15) is 13.8 Å². The molecule has 0 saturated carbocycles. The largest absolute Gasteiger partial charge is 0.372 e. The minimum Gasteiger partial charge on any atom is -0.372 e. The molecule has 2 heterocycles. The van der Waals surface area contributed by atoms with E-state index in [2.05, 4.69) is 5.10 Å². The van der Waals surface area contributed by atoms with Gasteiger partial charge in [0.15, 0.2) is 8.29 Å². The summed E-state index contributed by atoms with van der Waals surface area (Å²) >= 11 is 8.26. The van der Waals surface area contributed by atoms with Gasteiger partial charge >= 0.3 is 0 Å². The first-order valence-corrected chi connectivity index (χ1v) is 9.95. The van der Waals surface area contributed by atoms with Crippen molar-refractivity contribution in [1.82, 2.24) is 14.7 Å². The number of morpholine rings is 1. The Kier molecular flexibility index (Phi) is 5.70. The molecule has 0 aliphatic carbocycles. The lowest BCUT2D eigenvalue weighted by Crippen LogP contribution is -2.48. The van der Waals surface area contributed by atoms with E-state index in [0.717, 1.165) is 10.0 Å². The Hall–Kier alpha value is -1.22. The second kappa shape index (κ2) is 7.77. The maximum absolute atomic E-state index is 12.4. The zero-order valence-corrected chi connectivity index (χ0v) is 16.0. The smallest absolute Gasteiger partial charge is 0.233 e. The van der Waals surface area contributed by atoms with Crippen molar-refractivity contribution in [2.75, 3.05) is 18.8 Å². The molecule has 0 unspecified atom stereocenters. The predicted molar refractivity (Wildman–Crippen MR) is 99.6 cm³/mol. The van der Waals surface area contributed by atoms with Crippen LogP contribution in [0.4, 0.5) is 0 Å². The van der Waals surface area contributed by atoms with Crippen LogP contribution >= 0.6 is 35.3 Å². The minimum atomic E-state index is 0.0852. The summed E-state index contributed by atoms with van der Waals surface area (Å²) < 4.78 is 8.91. The van der Waals surface area contributed by atoms with Crippen LogP contribution in [0, 0.1) is 3.95 Å². The fraction of sp³-hybridized carbons (Fsp3) is 0.438. The van der Waals surface area contributed by atoms with Gasteiger partial charge in [-0.05, 0) is 38.2 Å². The van der Waals surface area contributed by atoms with E-state index in [0.29, 0.717) is 22.8 Å². The molecule has 2 atom stereocenters. The molecule has 1 aromatic heterocycles. The average Bonchev–Trinajstić information content (AvgIpc) is 2.93. The normalized spacial score (nSPS) is 21.0. The lowest BCUT2D eigenvalue weighted by Gasteiger charge is -2.35. The Morgan fingerprint density at radius 2 is 2.00 bits per heavy atom. The van der Waals surface area contributed by atoms with Crippen LogP contribution < -0.4 is 0 Å². The molecular weight excluding hydrogens is 362 g/mol. The van der Waals surface area contributed by atoms with Crippen molar-refractivity contribution in [3.63, 3.8) is 0 Å². The first kappa shape index (κ1) is 17.6. The molecule has 3 rings (SSSR count). The third kappa shape index (κ3) is 4.24. The van der Waals surface area contributed by atoms with E-state index in [1.54, 1.807) is 4.68 Å². The van der Waals surface area contributed by atoms with Gasteiger partial charge in [0.2, 0.25) is 5.91 Å². The third-order valence-electron chi connectivity index (χ3n) is 3.62. The molecule has 0 N–H and O–H groups in total. The van der Waals surface area contributed by atoms with E-state index in [9.17, 15) is 4.79 Å². The summed E-state index contributed by atoms with van der Waals surface area (Å²) in [5.41, 5.74) is 0.938. The van der Waals surface area contributed by atoms with E-state index < -0.39 is 0 Å². The summed E-state index contributed by atoms with van der Waals surface area (Å²) in [6.45, 7) is 5.29. The fourth-order valence-corrected chi connectivity index (χ4v) is 4.91. The molecule has 8 heteroatoms. The zero-order valence-electron chi connectivity index (χ0n) is 13.5. The Labute approximate surface area is 154 Å². The quantitative estimate of drug-likeness (QED) is 0.600. The molecule has 1 aliphatic heterocycles. The molecule has 2 aromatic rings. The van der Waals surface area contributed by atoms with Gasteiger partial charge in [-0.2, -0.15) is 0 Å². The SMILES string of the molecule is C[C@H]1CN(C(=O)CSc2nn(-c3ccccc3)c(=S)s2)C[C@H](C)O1. The molecule has 128 valence electrons. The van der Waals surface area contributed by atoms with Crippen molar-refractivity contribution in [2.24, 2.45) is 0 Å². The molecule has 0 spiro atoms. The van der Waals surface area contributed by atoms with Crippen LogP contribution in [-0.2, 0) is 9.53 Å². The number of hydrogen-bond acceptors (Lipinski definition) is 6. The molecule has 1 saturated heterocycles. The van der Waals surface area contributed by atoms with Crippen molar-refractivity contribution in [1.29, 1.82) is 0 Å². The molecule has 1 fully saturated rings. The summed E-state index contributed by atoms with van der Waals surface area (Å²) in [5.74, 6) is 0.491. The van der Waals surface area contributed by atoms with E-state index in [-0.39, 0.29) is 18.1 Å². The Morgan fingerprint density at radius 1 is 1.33 bits per heavy atom. The topological polar surface area (TPSA) is 47.4 Å². The lowest BCUT2D eigenvalue weighted by molar-refractivity contribution is -0.140. The van der Waals surface area contributed by atoms with Crippen molar-refractivity contribution >= 4 is 41.2 Å². The highest BCUT2D eigenvalue weighted by molar-refractivity contribution is 8.01. The number of carbonyl (C=O) groups excluding carboxylic acids is 1. The Balaban J connectivity index is 1.63. The maximum Gasteiger partial charge on any atom is 0.233 e. The molecule has 5 nitrogen and oxygen atoms in total. The van der Waals surface area contributed by atoms with Crippen LogP contribution in [-0.4, -0.2) is 51.6 Å². The van der Waals surface area contributed by atoms with Gasteiger partial charge in [0.25, 0.3) is 0 Å². The molecule has 0 radical (unpaired) electrons. The Bertz CT molecular complexity index is 749.